The predicted octanol–water partition coefficient (Wildman–Crippen LogP) is 4.24. The minimum atomic E-state index is 0.755. The normalized spacial score (nSPS) is 10.9. The Hall–Kier alpha value is -1.45. The lowest BCUT2D eigenvalue weighted by Gasteiger charge is -2.05. The van der Waals surface area contributed by atoms with E-state index in [1.165, 1.54) is 0 Å². The van der Waals surface area contributed by atoms with Crippen LogP contribution in [0.3, 0.4) is 0 Å². The molecule has 0 N–H and O–H groups in total. The molecule has 0 spiro atoms. The van der Waals surface area contributed by atoms with Gasteiger partial charge >= 0.3 is 5.82 Å². The molecule has 0 unspecified atom stereocenters. The molecule has 0 bridgehead atoms. The number of hydrogen-bond donors (Lipinski definition) is 0. The van der Waals surface area contributed by atoms with Crippen molar-refractivity contribution in [2.45, 2.75) is 6.92 Å². The minimum absolute atomic E-state index is 0.755. The second-order valence-electron chi connectivity index (χ2n) is 4.36. The molecule has 0 radical (unpaired) electrons. The molecule has 0 aliphatic carbocycles. The molecule has 0 saturated carbocycles. The molecule has 0 amide bonds. The summed E-state index contributed by atoms with van der Waals surface area (Å²) in [7, 11) is 0. The van der Waals surface area contributed by atoms with Gasteiger partial charge in [-0.15, -0.1) is 0 Å². The predicted molar refractivity (Wildman–Crippen MR) is 80.7 cm³/mol. The lowest BCUT2D eigenvalue weighted by molar-refractivity contribution is -0.598. The van der Waals surface area contributed by atoms with Gasteiger partial charge in [0.05, 0.1) is 22.3 Å². The first kappa shape index (κ1) is 12.6. The summed E-state index contributed by atoms with van der Waals surface area (Å²) in [5, 5.41) is 2.90. The van der Waals surface area contributed by atoms with Crippen molar-refractivity contribution in [3.63, 3.8) is 0 Å². The molecule has 3 aromatic rings. The molecule has 0 saturated heterocycles. The van der Waals surface area contributed by atoms with E-state index in [4.69, 9.17) is 11.6 Å². The molecule has 4 heteroatoms. The Morgan fingerprint density at radius 3 is 2.58 bits per heavy atom. The zero-order valence-electron chi connectivity index (χ0n) is 10.3. The number of fused-ring (bicyclic) bond motifs is 1. The summed E-state index contributed by atoms with van der Waals surface area (Å²) in [6.07, 6.45) is 5.78. The number of rotatable bonds is 1. The van der Waals surface area contributed by atoms with Gasteiger partial charge in [0.25, 0.3) is 0 Å². The highest BCUT2D eigenvalue weighted by atomic mass is 79.9. The largest absolute Gasteiger partial charge is 0.335 e. The van der Waals surface area contributed by atoms with Crippen LogP contribution >= 0.6 is 27.5 Å². The molecule has 0 aliphatic rings. The van der Waals surface area contributed by atoms with Crippen LogP contribution < -0.4 is 4.57 Å². The van der Waals surface area contributed by atoms with E-state index in [1.54, 1.807) is 0 Å². The van der Waals surface area contributed by atoms with E-state index in [-0.39, 0.29) is 0 Å². The summed E-state index contributed by atoms with van der Waals surface area (Å²) in [5.74, 6) is 0.876. The van der Waals surface area contributed by atoms with Crippen molar-refractivity contribution in [3.05, 3.63) is 64.0 Å². The van der Waals surface area contributed by atoms with Crippen LogP contribution in [0, 0.1) is 6.92 Å². The Labute approximate surface area is 124 Å². The number of aromatic nitrogens is 2. The second kappa shape index (κ2) is 4.91. The third-order valence-electron chi connectivity index (χ3n) is 3.06. The fourth-order valence-corrected chi connectivity index (χ4v) is 2.66. The molecule has 2 heterocycles. The van der Waals surface area contributed by atoms with Gasteiger partial charge in [0.15, 0.2) is 6.20 Å². The zero-order valence-corrected chi connectivity index (χ0v) is 12.6. The number of pyridine rings is 2. The Bertz CT molecular complexity index is 757. The Kier molecular flexibility index (Phi) is 3.25. The van der Waals surface area contributed by atoms with Crippen LogP contribution in [0.15, 0.2) is 53.4 Å². The first-order valence-corrected chi connectivity index (χ1v) is 7.05. The van der Waals surface area contributed by atoms with Crippen LogP contribution in [0.1, 0.15) is 5.56 Å². The van der Waals surface area contributed by atoms with Crippen molar-refractivity contribution >= 4 is 38.3 Å². The topological polar surface area (TPSA) is 16.8 Å². The van der Waals surface area contributed by atoms with Crippen molar-refractivity contribution in [2.24, 2.45) is 0 Å². The molecular formula is C15H11BrClN2+. The summed E-state index contributed by atoms with van der Waals surface area (Å²) in [4.78, 5) is 4.50. The van der Waals surface area contributed by atoms with E-state index in [9.17, 15) is 0 Å². The number of benzene rings is 1. The van der Waals surface area contributed by atoms with Crippen LogP contribution in [-0.2, 0) is 0 Å². The Morgan fingerprint density at radius 2 is 1.84 bits per heavy atom. The molecule has 2 nitrogen and oxygen atoms in total. The lowest BCUT2D eigenvalue weighted by atomic mass is 10.1. The molecular weight excluding hydrogens is 324 g/mol. The fraction of sp³-hybridized carbons (Fsp3) is 0.0667. The van der Waals surface area contributed by atoms with Gasteiger partial charge in [-0.3, -0.25) is 0 Å². The average Bonchev–Trinajstić information content (AvgIpc) is 2.42. The third-order valence-corrected chi connectivity index (χ3v) is 4.10. The van der Waals surface area contributed by atoms with Gasteiger partial charge in [0.1, 0.15) is 0 Å². The van der Waals surface area contributed by atoms with Crippen molar-refractivity contribution < 1.29 is 4.57 Å². The molecule has 3 rings (SSSR count). The number of hydrogen-bond acceptors (Lipinski definition) is 1. The van der Waals surface area contributed by atoms with Gasteiger partial charge in [0, 0.05) is 10.4 Å². The van der Waals surface area contributed by atoms with E-state index in [0.717, 1.165) is 31.6 Å². The second-order valence-corrected chi connectivity index (χ2v) is 5.62. The summed E-state index contributed by atoms with van der Waals surface area (Å²) in [5.41, 5.74) is 1.06. The maximum atomic E-state index is 6.25. The van der Waals surface area contributed by atoms with E-state index in [0.29, 0.717) is 0 Å². The van der Waals surface area contributed by atoms with E-state index < -0.39 is 0 Å². The average molecular weight is 335 g/mol. The summed E-state index contributed by atoms with van der Waals surface area (Å²) in [6.45, 7) is 2.00. The standard InChI is InChI=1S/C15H11BrClN2/c1-10-7-11-12(8-14(10)17)15(18-9-13(11)16)19-5-3-2-4-6-19/h2-9H,1H3/q+1. The van der Waals surface area contributed by atoms with Crippen molar-refractivity contribution in [1.82, 2.24) is 4.98 Å². The zero-order chi connectivity index (χ0) is 13.4. The quantitative estimate of drug-likeness (QED) is 0.608. The maximum absolute atomic E-state index is 6.25. The maximum Gasteiger partial charge on any atom is 0.335 e. The molecule has 19 heavy (non-hydrogen) atoms. The van der Waals surface area contributed by atoms with Crippen LogP contribution in [0.25, 0.3) is 16.6 Å². The highest BCUT2D eigenvalue weighted by Gasteiger charge is 2.16. The van der Waals surface area contributed by atoms with Crippen molar-refractivity contribution in [2.75, 3.05) is 0 Å². The fourth-order valence-electron chi connectivity index (χ4n) is 2.07. The van der Waals surface area contributed by atoms with Gasteiger partial charge in [0.2, 0.25) is 0 Å². The van der Waals surface area contributed by atoms with Gasteiger partial charge in [-0.05, 0) is 57.7 Å². The molecule has 94 valence electrons. The Morgan fingerprint density at radius 1 is 1.11 bits per heavy atom. The summed E-state index contributed by atoms with van der Waals surface area (Å²) >= 11 is 9.79. The molecule has 2 aromatic heterocycles. The lowest BCUT2D eigenvalue weighted by Crippen LogP contribution is -2.30. The SMILES string of the molecule is Cc1cc2c(Br)cnc(-[n+]3ccccc3)c2cc1Cl. The molecule has 0 fully saturated rings. The van der Waals surface area contributed by atoms with E-state index in [1.807, 2.05) is 54.3 Å². The van der Waals surface area contributed by atoms with Gasteiger partial charge in [-0.25, -0.2) is 4.57 Å². The highest BCUT2D eigenvalue weighted by Crippen LogP contribution is 2.30. The van der Waals surface area contributed by atoms with Gasteiger partial charge in [-0.1, -0.05) is 17.7 Å². The summed E-state index contributed by atoms with van der Waals surface area (Å²) < 4.78 is 2.96. The number of halogens is 2. The van der Waals surface area contributed by atoms with E-state index >= 15 is 0 Å². The van der Waals surface area contributed by atoms with Crippen molar-refractivity contribution in [1.29, 1.82) is 0 Å². The minimum Gasteiger partial charge on any atom is -0.203 e. The van der Waals surface area contributed by atoms with Gasteiger partial charge in [-0.2, -0.15) is 0 Å². The first-order chi connectivity index (χ1) is 9.16. The molecule has 0 aliphatic heterocycles. The van der Waals surface area contributed by atoms with Gasteiger partial charge < -0.3 is 0 Å². The number of nitrogens with zero attached hydrogens (tertiary/aromatic N) is 2. The third kappa shape index (κ3) is 2.24. The highest BCUT2D eigenvalue weighted by molar-refractivity contribution is 9.10. The number of aryl methyl sites for hydroxylation is 1. The van der Waals surface area contributed by atoms with E-state index in [2.05, 4.69) is 27.0 Å². The van der Waals surface area contributed by atoms with Crippen LogP contribution in [-0.4, -0.2) is 4.98 Å². The summed E-state index contributed by atoms with van der Waals surface area (Å²) in [6, 6.07) is 9.99. The molecule has 1 aromatic carbocycles. The smallest absolute Gasteiger partial charge is 0.203 e. The van der Waals surface area contributed by atoms with Crippen LogP contribution in [0.2, 0.25) is 5.02 Å². The van der Waals surface area contributed by atoms with Crippen LogP contribution in [0.5, 0.6) is 0 Å². The van der Waals surface area contributed by atoms with Crippen molar-refractivity contribution in [3.8, 4) is 5.82 Å². The first-order valence-electron chi connectivity index (χ1n) is 5.88. The Balaban J connectivity index is 2.38. The van der Waals surface area contributed by atoms with Crippen LogP contribution in [0.4, 0.5) is 0 Å². The molecule has 0 atom stereocenters. The monoisotopic (exact) mass is 333 g/mol.